The molecule has 0 aromatic carbocycles. The van der Waals surface area contributed by atoms with Crippen LogP contribution in [0.3, 0.4) is 0 Å². The summed E-state index contributed by atoms with van der Waals surface area (Å²) in [6.45, 7) is 6.35. The van der Waals surface area contributed by atoms with Gasteiger partial charge in [-0.05, 0) is 25.3 Å². The van der Waals surface area contributed by atoms with Gasteiger partial charge < -0.3 is 4.90 Å². The summed E-state index contributed by atoms with van der Waals surface area (Å²) in [5.74, 6) is 2.42. The van der Waals surface area contributed by atoms with Crippen LogP contribution in [-0.4, -0.2) is 37.8 Å². The van der Waals surface area contributed by atoms with Crippen LogP contribution >= 0.6 is 0 Å². The van der Waals surface area contributed by atoms with E-state index in [0.29, 0.717) is 12.0 Å². The van der Waals surface area contributed by atoms with E-state index >= 15 is 0 Å². The molecule has 1 unspecified atom stereocenters. The summed E-state index contributed by atoms with van der Waals surface area (Å²) in [6.07, 6.45) is 8.52. The molecule has 6 nitrogen and oxygen atoms in total. The van der Waals surface area contributed by atoms with Crippen molar-refractivity contribution in [2.75, 3.05) is 18.0 Å². The molecule has 6 heteroatoms. The van der Waals surface area contributed by atoms with E-state index in [0.717, 1.165) is 44.0 Å². The average molecular weight is 286 g/mol. The van der Waals surface area contributed by atoms with Gasteiger partial charge in [0.25, 0.3) is 0 Å². The Balaban J connectivity index is 1.66. The maximum Gasteiger partial charge on any atom is 0.137 e. The van der Waals surface area contributed by atoms with Crippen LogP contribution in [0.5, 0.6) is 0 Å². The maximum atomic E-state index is 4.73. The monoisotopic (exact) mass is 286 g/mol. The van der Waals surface area contributed by atoms with Crippen molar-refractivity contribution >= 4 is 5.82 Å². The van der Waals surface area contributed by atoms with Crippen LogP contribution in [-0.2, 0) is 0 Å². The zero-order valence-electron chi connectivity index (χ0n) is 12.7. The standard InChI is InChI=1S/C15H22N6/c1-3-12(2)15-17-7-4-14(19-15)20-8-5-13(6-9-20)21-11-16-10-18-21/h4,7,10-13H,3,5-6,8-9H2,1-2H3. The summed E-state index contributed by atoms with van der Waals surface area (Å²) in [5, 5.41) is 4.25. The Morgan fingerprint density at radius 3 is 2.81 bits per heavy atom. The molecule has 2 aromatic rings. The average Bonchev–Trinajstić information content (AvgIpc) is 3.09. The fourth-order valence-corrected chi connectivity index (χ4v) is 2.73. The summed E-state index contributed by atoms with van der Waals surface area (Å²) in [5.41, 5.74) is 0. The van der Waals surface area contributed by atoms with Gasteiger partial charge in [-0.3, -0.25) is 0 Å². The Morgan fingerprint density at radius 2 is 2.14 bits per heavy atom. The second-order valence-corrected chi connectivity index (χ2v) is 5.68. The SMILES string of the molecule is CCC(C)c1nccc(N2CCC(n3cncn3)CC2)n1. The van der Waals surface area contributed by atoms with Crippen molar-refractivity contribution in [1.82, 2.24) is 24.7 Å². The molecule has 0 N–H and O–H groups in total. The second kappa shape index (κ2) is 6.20. The van der Waals surface area contributed by atoms with Crippen molar-refractivity contribution in [3.05, 3.63) is 30.7 Å². The minimum atomic E-state index is 0.414. The van der Waals surface area contributed by atoms with Gasteiger partial charge in [-0.15, -0.1) is 0 Å². The van der Waals surface area contributed by atoms with Gasteiger partial charge in [-0.25, -0.2) is 19.6 Å². The molecule has 2 aromatic heterocycles. The highest BCUT2D eigenvalue weighted by Gasteiger charge is 2.22. The summed E-state index contributed by atoms with van der Waals surface area (Å²) in [7, 11) is 0. The van der Waals surface area contributed by atoms with Crippen molar-refractivity contribution in [2.45, 2.75) is 45.1 Å². The van der Waals surface area contributed by atoms with Crippen LogP contribution in [0.2, 0.25) is 0 Å². The molecule has 1 aliphatic heterocycles. The second-order valence-electron chi connectivity index (χ2n) is 5.68. The normalized spacial score (nSPS) is 17.9. The molecular formula is C15H22N6. The third kappa shape index (κ3) is 3.04. The van der Waals surface area contributed by atoms with Gasteiger partial charge in [0, 0.05) is 25.2 Å². The lowest BCUT2D eigenvalue weighted by Crippen LogP contribution is -2.35. The molecule has 0 radical (unpaired) electrons. The number of piperidine rings is 1. The molecule has 1 aliphatic rings. The highest BCUT2D eigenvalue weighted by atomic mass is 15.3. The molecule has 1 fully saturated rings. The smallest absolute Gasteiger partial charge is 0.137 e. The van der Waals surface area contributed by atoms with Crippen molar-refractivity contribution in [2.24, 2.45) is 0 Å². The predicted molar refractivity (Wildman–Crippen MR) is 81.2 cm³/mol. The van der Waals surface area contributed by atoms with E-state index < -0.39 is 0 Å². The number of hydrogen-bond donors (Lipinski definition) is 0. The molecule has 21 heavy (non-hydrogen) atoms. The summed E-state index contributed by atoms with van der Waals surface area (Å²) in [6, 6.07) is 2.47. The Kier molecular flexibility index (Phi) is 4.13. The van der Waals surface area contributed by atoms with Crippen molar-refractivity contribution < 1.29 is 0 Å². The van der Waals surface area contributed by atoms with Crippen LogP contribution in [0.25, 0.3) is 0 Å². The minimum Gasteiger partial charge on any atom is -0.356 e. The van der Waals surface area contributed by atoms with E-state index in [-0.39, 0.29) is 0 Å². The molecule has 3 rings (SSSR count). The van der Waals surface area contributed by atoms with Gasteiger partial charge in [-0.1, -0.05) is 13.8 Å². The van der Waals surface area contributed by atoms with Crippen molar-refractivity contribution in [3.8, 4) is 0 Å². The van der Waals surface area contributed by atoms with Crippen LogP contribution in [0, 0.1) is 0 Å². The Hall–Kier alpha value is -1.98. The summed E-state index contributed by atoms with van der Waals surface area (Å²) >= 11 is 0. The lowest BCUT2D eigenvalue weighted by atomic mass is 10.1. The fraction of sp³-hybridized carbons (Fsp3) is 0.600. The van der Waals surface area contributed by atoms with Crippen LogP contribution in [0.4, 0.5) is 5.82 Å². The molecule has 1 saturated heterocycles. The highest BCUT2D eigenvalue weighted by molar-refractivity contribution is 5.38. The Labute approximate surface area is 125 Å². The molecule has 0 amide bonds. The van der Waals surface area contributed by atoms with Crippen LogP contribution in [0.1, 0.15) is 50.9 Å². The van der Waals surface area contributed by atoms with Crippen molar-refractivity contribution in [1.29, 1.82) is 0 Å². The first-order valence-electron chi connectivity index (χ1n) is 7.70. The topological polar surface area (TPSA) is 59.7 Å². The fourth-order valence-electron chi connectivity index (χ4n) is 2.73. The number of rotatable bonds is 4. The van der Waals surface area contributed by atoms with Gasteiger partial charge in [0.05, 0.1) is 6.04 Å². The summed E-state index contributed by atoms with van der Waals surface area (Å²) in [4.78, 5) is 15.5. The lowest BCUT2D eigenvalue weighted by molar-refractivity contribution is 0.365. The number of nitrogens with zero attached hydrogens (tertiary/aromatic N) is 6. The highest BCUT2D eigenvalue weighted by Crippen LogP contribution is 2.25. The van der Waals surface area contributed by atoms with Gasteiger partial charge in [0.15, 0.2) is 0 Å². The first kappa shape index (κ1) is 14.0. The van der Waals surface area contributed by atoms with E-state index in [1.165, 1.54) is 0 Å². The molecular weight excluding hydrogens is 264 g/mol. The quantitative estimate of drug-likeness (QED) is 0.864. The number of anilines is 1. The molecule has 112 valence electrons. The zero-order chi connectivity index (χ0) is 14.7. The first-order valence-corrected chi connectivity index (χ1v) is 7.70. The van der Waals surface area contributed by atoms with E-state index in [1.54, 1.807) is 6.33 Å². The Morgan fingerprint density at radius 1 is 1.33 bits per heavy atom. The molecule has 0 aliphatic carbocycles. The third-order valence-electron chi connectivity index (χ3n) is 4.31. The van der Waals surface area contributed by atoms with Crippen LogP contribution in [0.15, 0.2) is 24.9 Å². The zero-order valence-corrected chi connectivity index (χ0v) is 12.7. The van der Waals surface area contributed by atoms with Gasteiger partial charge in [-0.2, -0.15) is 5.10 Å². The van der Waals surface area contributed by atoms with Crippen molar-refractivity contribution in [3.63, 3.8) is 0 Å². The van der Waals surface area contributed by atoms with Gasteiger partial charge in [0.2, 0.25) is 0 Å². The van der Waals surface area contributed by atoms with E-state index in [2.05, 4.69) is 33.8 Å². The molecule has 1 atom stereocenters. The Bertz CT molecular complexity index is 559. The number of aromatic nitrogens is 5. The van der Waals surface area contributed by atoms with E-state index in [9.17, 15) is 0 Å². The minimum absolute atomic E-state index is 0.414. The third-order valence-corrected chi connectivity index (χ3v) is 4.31. The van der Waals surface area contributed by atoms with E-state index in [4.69, 9.17) is 4.98 Å². The van der Waals surface area contributed by atoms with Gasteiger partial charge >= 0.3 is 0 Å². The maximum absolute atomic E-state index is 4.73. The summed E-state index contributed by atoms with van der Waals surface area (Å²) < 4.78 is 1.97. The molecule has 0 spiro atoms. The van der Waals surface area contributed by atoms with Crippen LogP contribution < -0.4 is 4.90 Å². The molecule has 0 saturated carbocycles. The van der Waals surface area contributed by atoms with Gasteiger partial charge in [0.1, 0.15) is 24.3 Å². The predicted octanol–water partition coefficient (Wildman–Crippen LogP) is 2.42. The van der Waals surface area contributed by atoms with E-state index in [1.807, 2.05) is 23.3 Å². The lowest BCUT2D eigenvalue weighted by Gasteiger charge is -2.32. The number of hydrogen-bond acceptors (Lipinski definition) is 5. The molecule has 0 bridgehead atoms. The first-order chi connectivity index (χ1) is 10.3. The molecule has 3 heterocycles. The largest absolute Gasteiger partial charge is 0.356 e.